The highest BCUT2D eigenvalue weighted by atomic mass is 79.9. The molecule has 0 N–H and O–H groups in total. The van der Waals surface area contributed by atoms with Crippen LogP contribution < -0.4 is 4.90 Å². The summed E-state index contributed by atoms with van der Waals surface area (Å²) in [5.74, 6) is 3.64. The number of halogens is 1. The summed E-state index contributed by atoms with van der Waals surface area (Å²) in [6, 6.07) is 2.07. The lowest BCUT2D eigenvalue weighted by atomic mass is 10.0. The third-order valence-corrected chi connectivity index (χ3v) is 4.35. The average molecular weight is 310 g/mol. The van der Waals surface area contributed by atoms with Gasteiger partial charge in [0.05, 0.1) is 0 Å². The summed E-state index contributed by atoms with van der Waals surface area (Å²) in [5.41, 5.74) is 0. The molecule has 2 aliphatic rings. The van der Waals surface area contributed by atoms with Crippen LogP contribution in [0.3, 0.4) is 0 Å². The van der Waals surface area contributed by atoms with Crippen molar-refractivity contribution in [2.24, 2.45) is 5.92 Å². The Morgan fingerprint density at radius 2 is 2.17 bits per heavy atom. The molecule has 1 aromatic rings. The van der Waals surface area contributed by atoms with E-state index in [4.69, 9.17) is 4.98 Å². The van der Waals surface area contributed by atoms with Crippen LogP contribution in [0.4, 0.5) is 5.82 Å². The van der Waals surface area contributed by atoms with Crippen molar-refractivity contribution in [2.45, 2.75) is 44.9 Å². The Morgan fingerprint density at radius 3 is 2.89 bits per heavy atom. The summed E-state index contributed by atoms with van der Waals surface area (Å²) in [5, 5.41) is 0. The molecular weight excluding hydrogens is 290 g/mol. The Balaban J connectivity index is 1.75. The monoisotopic (exact) mass is 309 g/mol. The van der Waals surface area contributed by atoms with Crippen LogP contribution in [0.15, 0.2) is 10.7 Å². The standard InChI is InChI=1S/C14H20BrN3/c1-2-3-10-6-7-18(9-10)13-8-12(15)16-14(17-13)11-4-5-11/h8,10-11H,2-7,9H2,1H3. The lowest BCUT2D eigenvalue weighted by Gasteiger charge is -2.18. The van der Waals surface area contributed by atoms with Crippen LogP contribution in [0.5, 0.6) is 0 Å². The Hall–Kier alpha value is -0.640. The Bertz CT molecular complexity index is 431. The van der Waals surface area contributed by atoms with Gasteiger partial charge in [-0.2, -0.15) is 0 Å². The number of hydrogen-bond donors (Lipinski definition) is 0. The molecule has 1 unspecified atom stereocenters. The fourth-order valence-corrected chi connectivity index (χ4v) is 3.18. The van der Waals surface area contributed by atoms with Gasteiger partial charge in [-0.15, -0.1) is 0 Å². The SMILES string of the molecule is CCCC1CCN(c2cc(Br)nc(C3CC3)n2)C1. The second kappa shape index (κ2) is 5.16. The van der Waals surface area contributed by atoms with Gasteiger partial charge < -0.3 is 4.90 Å². The molecule has 2 fully saturated rings. The van der Waals surface area contributed by atoms with Gasteiger partial charge in [0.2, 0.25) is 0 Å². The maximum Gasteiger partial charge on any atom is 0.135 e. The fraction of sp³-hybridized carbons (Fsp3) is 0.714. The molecule has 3 rings (SSSR count). The summed E-state index contributed by atoms with van der Waals surface area (Å²) < 4.78 is 0.938. The molecule has 2 heterocycles. The lowest BCUT2D eigenvalue weighted by Crippen LogP contribution is -2.21. The van der Waals surface area contributed by atoms with Gasteiger partial charge >= 0.3 is 0 Å². The van der Waals surface area contributed by atoms with E-state index in [9.17, 15) is 0 Å². The van der Waals surface area contributed by atoms with Gasteiger partial charge in [0.25, 0.3) is 0 Å². The molecule has 0 amide bonds. The van der Waals surface area contributed by atoms with Crippen molar-refractivity contribution in [3.8, 4) is 0 Å². The Kier molecular flexibility index (Phi) is 3.55. The average Bonchev–Trinajstić information content (AvgIpc) is 3.10. The Labute approximate surface area is 117 Å². The van der Waals surface area contributed by atoms with Crippen molar-refractivity contribution in [1.29, 1.82) is 0 Å². The number of nitrogens with zero attached hydrogens (tertiary/aromatic N) is 3. The number of rotatable bonds is 4. The van der Waals surface area contributed by atoms with Gasteiger partial charge in [-0.05, 0) is 47.5 Å². The normalized spacial score (nSPS) is 23.7. The molecule has 18 heavy (non-hydrogen) atoms. The molecule has 1 aromatic heterocycles. The van der Waals surface area contributed by atoms with E-state index in [2.05, 4.69) is 38.8 Å². The van der Waals surface area contributed by atoms with E-state index >= 15 is 0 Å². The molecule has 3 nitrogen and oxygen atoms in total. The van der Waals surface area contributed by atoms with Crippen molar-refractivity contribution < 1.29 is 0 Å². The first-order valence-corrected chi connectivity index (χ1v) is 7.85. The summed E-state index contributed by atoms with van der Waals surface area (Å²) >= 11 is 3.52. The van der Waals surface area contributed by atoms with Gasteiger partial charge in [-0.1, -0.05) is 13.3 Å². The quantitative estimate of drug-likeness (QED) is 0.793. The van der Waals surface area contributed by atoms with Crippen molar-refractivity contribution in [2.75, 3.05) is 18.0 Å². The van der Waals surface area contributed by atoms with E-state index in [1.54, 1.807) is 0 Å². The molecule has 1 aliphatic carbocycles. The smallest absolute Gasteiger partial charge is 0.135 e. The van der Waals surface area contributed by atoms with E-state index in [1.807, 2.05) is 0 Å². The molecule has 1 saturated heterocycles. The highest BCUT2D eigenvalue weighted by Crippen LogP contribution is 2.39. The second-order valence-corrected chi connectivity index (χ2v) is 6.38. The molecular formula is C14H20BrN3. The molecule has 0 aromatic carbocycles. The van der Waals surface area contributed by atoms with Crippen molar-refractivity contribution in [1.82, 2.24) is 9.97 Å². The van der Waals surface area contributed by atoms with Crippen LogP contribution in [0.2, 0.25) is 0 Å². The number of anilines is 1. The summed E-state index contributed by atoms with van der Waals surface area (Å²) in [6.45, 7) is 4.59. The zero-order valence-corrected chi connectivity index (χ0v) is 12.5. The van der Waals surface area contributed by atoms with Crippen LogP contribution in [0.25, 0.3) is 0 Å². The first kappa shape index (κ1) is 12.4. The second-order valence-electron chi connectivity index (χ2n) is 5.57. The van der Waals surface area contributed by atoms with Gasteiger partial charge in [-0.3, -0.25) is 0 Å². The Morgan fingerprint density at radius 1 is 1.33 bits per heavy atom. The number of aromatic nitrogens is 2. The molecule has 1 saturated carbocycles. The van der Waals surface area contributed by atoms with Crippen LogP contribution in [0.1, 0.15) is 50.8 Å². The predicted octanol–water partition coefficient (Wildman–Crippen LogP) is 3.74. The topological polar surface area (TPSA) is 29.0 Å². The van der Waals surface area contributed by atoms with Crippen molar-refractivity contribution in [3.05, 3.63) is 16.5 Å². The van der Waals surface area contributed by atoms with Crippen molar-refractivity contribution in [3.63, 3.8) is 0 Å². The third kappa shape index (κ3) is 2.68. The van der Waals surface area contributed by atoms with Gasteiger partial charge in [0.1, 0.15) is 16.2 Å². The van der Waals surface area contributed by atoms with Crippen LogP contribution >= 0.6 is 15.9 Å². The zero-order chi connectivity index (χ0) is 12.5. The largest absolute Gasteiger partial charge is 0.356 e. The summed E-state index contributed by atoms with van der Waals surface area (Å²) in [4.78, 5) is 11.7. The van der Waals surface area contributed by atoms with E-state index < -0.39 is 0 Å². The first-order valence-electron chi connectivity index (χ1n) is 7.05. The predicted molar refractivity (Wildman–Crippen MR) is 76.9 cm³/mol. The molecule has 1 atom stereocenters. The van der Waals surface area contributed by atoms with Crippen LogP contribution in [-0.4, -0.2) is 23.1 Å². The van der Waals surface area contributed by atoms with Gasteiger partial charge in [-0.25, -0.2) is 9.97 Å². The highest BCUT2D eigenvalue weighted by molar-refractivity contribution is 9.10. The molecule has 4 heteroatoms. The number of hydrogen-bond acceptors (Lipinski definition) is 3. The zero-order valence-electron chi connectivity index (χ0n) is 10.9. The first-order chi connectivity index (χ1) is 8.76. The minimum atomic E-state index is 0.621. The van der Waals surface area contributed by atoms with Crippen LogP contribution in [-0.2, 0) is 0 Å². The maximum absolute atomic E-state index is 4.76. The van der Waals surface area contributed by atoms with Crippen LogP contribution in [0, 0.1) is 5.92 Å². The molecule has 0 spiro atoms. The van der Waals surface area contributed by atoms with Crippen molar-refractivity contribution >= 4 is 21.7 Å². The fourth-order valence-electron chi connectivity index (χ4n) is 2.79. The highest BCUT2D eigenvalue weighted by Gasteiger charge is 2.29. The summed E-state index contributed by atoms with van der Waals surface area (Å²) in [6.07, 6.45) is 6.47. The van der Waals surface area contributed by atoms with E-state index in [1.165, 1.54) is 38.6 Å². The molecule has 0 bridgehead atoms. The van der Waals surface area contributed by atoms with E-state index in [-0.39, 0.29) is 0 Å². The maximum atomic E-state index is 4.76. The minimum absolute atomic E-state index is 0.621. The molecule has 0 radical (unpaired) electrons. The van der Waals surface area contributed by atoms with Gasteiger partial charge in [0.15, 0.2) is 0 Å². The molecule has 98 valence electrons. The van der Waals surface area contributed by atoms with Gasteiger partial charge in [0, 0.05) is 25.1 Å². The minimum Gasteiger partial charge on any atom is -0.356 e. The van der Waals surface area contributed by atoms with E-state index in [0.717, 1.165) is 28.7 Å². The molecule has 1 aliphatic heterocycles. The third-order valence-electron chi connectivity index (χ3n) is 3.95. The summed E-state index contributed by atoms with van der Waals surface area (Å²) in [7, 11) is 0. The lowest BCUT2D eigenvalue weighted by molar-refractivity contribution is 0.529. The van der Waals surface area contributed by atoms with E-state index in [0.29, 0.717) is 5.92 Å².